The molecule has 0 radical (unpaired) electrons. The number of rotatable bonds is 6. The van der Waals surface area contributed by atoms with Crippen LogP contribution >= 0.6 is 11.6 Å². The number of amides is 1. The Morgan fingerprint density at radius 2 is 2.00 bits per heavy atom. The van der Waals surface area contributed by atoms with E-state index in [0.29, 0.717) is 17.3 Å². The Hall–Kier alpha value is -3.25. The minimum Gasteiger partial charge on any atom is -0.494 e. The lowest BCUT2D eigenvalue weighted by atomic mass is 10.2. The summed E-state index contributed by atoms with van der Waals surface area (Å²) in [5.74, 6) is -0.726. The molecule has 2 N–H and O–H groups in total. The maximum absolute atomic E-state index is 14.5. The summed E-state index contributed by atoms with van der Waals surface area (Å²) in [6.07, 6.45) is 0. The van der Waals surface area contributed by atoms with Crippen LogP contribution in [0.5, 0.6) is 5.75 Å². The van der Waals surface area contributed by atoms with Crippen molar-refractivity contribution in [2.45, 2.75) is 18.7 Å². The number of carbonyl (C=O) groups is 1. The molecular formula is C17H16ClFN6O4S. The molecule has 0 bridgehead atoms. The first-order chi connectivity index (χ1) is 14.1. The highest BCUT2D eigenvalue weighted by atomic mass is 35.5. The maximum Gasteiger partial charge on any atom is 0.264 e. The molecule has 158 valence electrons. The molecule has 0 aliphatic rings. The van der Waals surface area contributed by atoms with E-state index in [0.717, 1.165) is 12.1 Å². The fourth-order valence-electron chi connectivity index (χ4n) is 2.60. The molecular weight excluding hydrogens is 439 g/mol. The Kier molecular flexibility index (Phi) is 5.89. The smallest absolute Gasteiger partial charge is 0.264 e. The zero-order valence-corrected chi connectivity index (χ0v) is 17.5. The van der Waals surface area contributed by atoms with Crippen LogP contribution in [0.1, 0.15) is 12.7 Å². The van der Waals surface area contributed by atoms with Gasteiger partial charge in [-0.05, 0) is 41.6 Å². The molecule has 0 saturated carbocycles. The van der Waals surface area contributed by atoms with Gasteiger partial charge in [0.15, 0.2) is 5.82 Å². The minimum atomic E-state index is -4.35. The van der Waals surface area contributed by atoms with Crippen LogP contribution in [-0.2, 0) is 14.8 Å². The summed E-state index contributed by atoms with van der Waals surface area (Å²) in [7, 11) is -2.91. The molecule has 0 unspecified atom stereocenters. The number of aromatic nitrogens is 4. The third-order valence-corrected chi connectivity index (χ3v) is 5.62. The fourth-order valence-corrected chi connectivity index (χ4v) is 4.01. The second kappa shape index (κ2) is 8.24. The van der Waals surface area contributed by atoms with Crippen LogP contribution in [0.3, 0.4) is 0 Å². The van der Waals surface area contributed by atoms with Crippen LogP contribution in [0.4, 0.5) is 15.8 Å². The molecule has 0 saturated heterocycles. The molecule has 0 atom stereocenters. The lowest BCUT2D eigenvalue weighted by molar-refractivity contribution is -0.114. The highest BCUT2D eigenvalue weighted by Crippen LogP contribution is 2.31. The predicted molar refractivity (Wildman–Crippen MR) is 107 cm³/mol. The number of tetrazole rings is 1. The highest BCUT2D eigenvalue weighted by molar-refractivity contribution is 7.92. The standard InChI is InChI=1S/C17H16ClFN6O4S/c1-9-21-23-24-25(9)15-6-11(4-5-16(15)29-3)22-30(27,28)17-7-12(18)14(8-13(17)19)20-10(2)26/h4-8,22H,1-3H3,(H,20,26). The van der Waals surface area contributed by atoms with E-state index in [1.165, 1.54) is 36.9 Å². The van der Waals surface area contributed by atoms with Crippen LogP contribution in [0.25, 0.3) is 5.69 Å². The van der Waals surface area contributed by atoms with E-state index in [1.807, 2.05) is 0 Å². The largest absolute Gasteiger partial charge is 0.494 e. The normalized spacial score (nSPS) is 11.2. The molecule has 2 aromatic carbocycles. The van der Waals surface area contributed by atoms with E-state index in [2.05, 4.69) is 25.6 Å². The van der Waals surface area contributed by atoms with E-state index < -0.39 is 26.6 Å². The van der Waals surface area contributed by atoms with Gasteiger partial charge in [0.05, 0.1) is 23.5 Å². The summed E-state index contributed by atoms with van der Waals surface area (Å²) in [5, 5.41) is 13.4. The van der Waals surface area contributed by atoms with Gasteiger partial charge < -0.3 is 10.1 Å². The summed E-state index contributed by atoms with van der Waals surface area (Å²) in [6, 6.07) is 6.13. The van der Waals surface area contributed by atoms with Gasteiger partial charge in [0.1, 0.15) is 22.1 Å². The number of carbonyl (C=O) groups excluding carboxylic acids is 1. The monoisotopic (exact) mass is 454 g/mol. The molecule has 1 amide bonds. The molecule has 10 nitrogen and oxygen atoms in total. The topological polar surface area (TPSA) is 128 Å². The van der Waals surface area contributed by atoms with E-state index in [1.54, 1.807) is 6.92 Å². The molecule has 0 aliphatic heterocycles. The van der Waals surface area contributed by atoms with Crippen LogP contribution in [0.2, 0.25) is 5.02 Å². The van der Waals surface area contributed by atoms with Crippen molar-refractivity contribution in [1.29, 1.82) is 0 Å². The number of sulfonamides is 1. The maximum atomic E-state index is 14.5. The number of ether oxygens (including phenoxy) is 1. The predicted octanol–water partition coefficient (Wildman–Crippen LogP) is 2.53. The van der Waals surface area contributed by atoms with Crippen molar-refractivity contribution in [3.63, 3.8) is 0 Å². The minimum absolute atomic E-state index is 0.0403. The van der Waals surface area contributed by atoms with Crippen molar-refractivity contribution in [2.75, 3.05) is 17.1 Å². The van der Waals surface area contributed by atoms with Crippen molar-refractivity contribution >= 4 is 38.9 Å². The number of aryl methyl sites for hydroxylation is 1. The van der Waals surface area contributed by atoms with E-state index >= 15 is 0 Å². The highest BCUT2D eigenvalue weighted by Gasteiger charge is 2.23. The van der Waals surface area contributed by atoms with Crippen molar-refractivity contribution < 1.29 is 22.3 Å². The average molecular weight is 455 g/mol. The van der Waals surface area contributed by atoms with Gasteiger partial charge in [-0.1, -0.05) is 11.6 Å². The van der Waals surface area contributed by atoms with Gasteiger partial charge in [-0.3, -0.25) is 9.52 Å². The van der Waals surface area contributed by atoms with Crippen molar-refractivity contribution in [3.05, 3.63) is 47.0 Å². The number of halogens is 2. The first kappa shape index (κ1) is 21.5. The third kappa shape index (κ3) is 4.33. The second-order valence-corrected chi connectivity index (χ2v) is 8.13. The number of nitrogens with one attached hydrogen (secondary N) is 2. The number of nitrogens with zero attached hydrogens (tertiary/aromatic N) is 4. The van der Waals surface area contributed by atoms with Crippen LogP contribution in [0.15, 0.2) is 35.2 Å². The summed E-state index contributed by atoms with van der Waals surface area (Å²) in [6.45, 7) is 2.87. The zero-order chi connectivity index (χ0) is 22.1. The zero-order valence-electron chi connectivity index (χ0n) is 16.0. The Bertz CT molecular complexity index is 1230. The fraction of sp³-hybridized carbons (Fsp3) is 0.176. The molecule has 30 heavy (non-hydrogen) atoms. The lowest BCUT2D eigenvalue weighted by Crippen LogP contribution is -2.16. The van der Waals surface area contributed by atoms with Gasteiger partial charge in [0.25, 0.3) is 10.0 Å². The molecule has 3 aromatic rings. The van der Waals surface area contributed by atoms with Crippen LogP contribution in [0, 0.1) is 12.7 Å². The number of anilines is 2. The second-order valence-electron chi connectivity index (χ2n) is 6.07. The van der Waals surface area contributed by atoms with Crippen molar-refractivity contribution in [2.24, 2.45) is 0 Å². The van der Waals surface area contributed by atoms with Crippen molar-refractivity contribution in [1.82, 2.24) is 20.2 Å². The lowest BCUT2D eigenvalue weighted by Gasteiger charge is -2.14. The molecule has 1 heterocycles. The first-order valence-corrected chi connectivity index (χ1v) is 10.2. The van der Waals surface area contributed by atoms with Gasteiger partial charge >= 0.3 is 0 Å². The summed E-state index contributed by atoms with van der Waals surface area (Å²) in [4.78, 5) is 10.5. The van der Waals surface area contributed by atoms with Gasteiger partial charge in [-0.15, -0.1) is 5.10 Å². The number of hydrogen-bond acceptors (Lipinski definition) is 7. The SMILES string of the molecule is COc1ccc(NS(=O)(=O)c2cc(Cl)c(NC(C)=O)cc2F)cc1-n1nnnc1C. The van der Waals surface area contributed by atoms with Crippen LogP contribution in [-0.4, -0.2) is 41.6 Å². The van der Waals surface area contributed by atoms with Gasteiger partial charge in [0, 0.05) is 13.0 Å². The molecule has 0 fully saturated rings. The molecule has 1 aromatic heterocycles. The Balaban J connectivity index is 1.99. The third-order valence-electron chi connectivity index (χ3n) is 3.91. The molecule has 0 aliphatic carbocycles. The molecule has 3 rings (SSSR count). The van der Waals surface area contributed by atoms with E-state index in [9.17, 15) is 17.6 Å². The number of methoxy groups -OCH3 is 1. The van der Waals surface area contributed by atoms with Gasteiger partial charge in [-0.2, -0.15) is 4.68 Å². The molecule has 0 spiro atoms. The Morgan fingerprint density at radius 1 is 1.27 bits per heavy atom. The summed E-state index contributed by atoms with van der Waals surface area (Å²) < 4.78 is 48.9. The Morgan fingerprint density at radius 3 is 2.60 bits per heavy atom. The van der Waals surface area contributed by atoms with Gasteiger partial charge in [0.2, 0.25) is 5.91 Å². The summed E-state index contributed by atoms with van der Waals surface area (Å²) in [5.41, 5.74) is 0.448. The number of benzene rings is 2. The van der Waals surface area contributed by atoms with Gasteiger partial charge in [-0.25, -0.2) is 12.8 Å². The van der Waals surface area contributed by atoms with Crippen molar-refractivity contribution in [3.8, 4) is 11.4 Å². The Labute approximate surface area is 176 Å². The first-order valence-electron chi connectivity index (χ1n) is 8.35. The van der Waals surface area contributed by atoms with E-state index in [4.69, 9.17) is 16.3 Å². The molecule has 13 heteroatoms. The average Bonchev–Trinajstić information content (AvgIpc) is 3.09. The quantitative estimate of drug-likeness (QED) is 0.585. The van der Waals surface area contributed by atoms with Crippen LogP contribution < -0.4 is 14.8 Å². The van der Waals surface area contributed by atoms with E-state index in [-0.39, 0.29) is 16.4 Å². The summed E-state index contributed by atoms with van der Waals surface area (Å²) >= 11 is 5.99. The number of hydrogen-bond donors (Lipinski definition) is 2.